The largest absolute Gasteiger partial charge is 0.463 e. The van der Waals surface area contributed by atoms with E-state index < -0.39 is 5.97 Å². The molecule has 4 rings (SSSR count). The molecule has 140 valence electrons. The highest BCUT2D eigenvalue weighted by Gasteiger charge is 2.25. The number of carbonyl (C=O) groups is 1. The van der Waals surface area contributed by atoms with Crippen LogP contribution in [0.15, 0.2) is 74.7 Å². The molecule has 0 unspecified atom stereocenters. The van der Waals surface area contributed by atoms with E-state index in [1.807, 2.05) is 24.3 Å². The molecule has 0 aliphatic carbocycles. The maximum atomic E-state index is 12.6. The number of hydrogen-bond donors (Lipinski definition) is 0. The van der Waals surface area contributed by atoms with E-state index in [0.29, 0.717) is 16.5 Å². The van der Waals surface area contributed by atoms with Gasteiger partial charge >= 0.3 is 5.97 Å². The van der Waals surface area contributed by atoms with Crippen molar-refractivity contribution >= 4 is 28.9 Å². The van der Waals surface area contributed by atoms with Crippen LogP contribution >= 0.6 is 0 Å². The average Bonchev–Trinajstić information content (AvgIpc) is 3.04. The quantitative estimate of drug-likeness (QED) is 0.492. The smallest absolute Gasteiger partial charge is 0.363 e. The highest BCUT2D eigenvalue weighted by molar-refractivity contribution is 6.12. The minimum absolute atomic E-state index is 0.0296. The second kappa shape index (κ2) is 6.60. The molecule has 1 aromatic heterocycles. The molecule has 0 fully saturated rings. The fourth-order valence-electron chi connectivity index (χ4n) is 2.99. The molecular formula is C23H19NO4. The Labute approximate surface area is 162 Å². The maximum absolute atomic E-state index is 12.6. The molecule has 2 aromatic carbocycles. The van der Waals surface area contributed by atoms with Crippen LogP contribution in [0.5, 0.6) is 0 Å². The van der Waals surface area contributed by atoms with Crippen molar-refractivity contribution in [3.8, 4) is 0 Å². The van der Waals surface area contributed by atoms with Gasteiger partial charge in [-0.3, -0.25) is 4.79 Å². The third-order valence-electron chi connectivity index (χ3n) is 4.62. The molecule has 28 heavy (non-hydrogen) atoms. The number of nitrogens with zero attached hydrogens (tertiary/aromatic N) is 1. The number of para-hydroxylation sites is 1. The van der Waals surface area contributed by atoms with Crippen LogP contribution in [0.2, 0.25) is 0 Å². The number of aliphatic imine (C=N–C) groups is 1. The van der Waals surface area contributed by atoms with Gasteiger partial charge < -0.3 is 9.15 Å². The first-order chi connectivity index (χ1) is 13.3. The van der Waals surface area contributed by atoms with Crippen molar-refractivity contribution in [1.29, 1.82) is 0 Å². The summed E-state index contributed by atoms with van der Waals surface area (Å²) in [5, 5.41) is 0.449. The predicted molar refractivity (Wildman–Crippen MR) is 108 cm³/mol. The molecule has 0 bridgehead atoms. The number of carbonyl (C=O) groups excluding carboxylic acids is 1. The summed E-state index contributed by atoms with van der Waals surface area (Å²) in [5.74, 6) is -0.371. The van der Waals surface area contributed by atoms with E-state index >= 15 is 0 Å². The van der Waals surface area contributed by atoms with Crippen molar-refractivity contribution in [3.63, 3.8) is 0 Å². The molecule has 0 atom stereocenters. The van der Waals surface area contributed by atoms with E-state index in [0.717, 1.165) is 0 Å². The minimum atomic E-state index is -0.595. The third kappa shape index (κ3) is 3.27. The number of ether oxygens (including phenoxy) is 1. The van der Waals surface area contributed by atoms with Crippen LogP contribution in [-0.2, 0) is 14.9 Å². The van der Waals surface area contributed by atoms with E-state index in [4.69, 9.17) is 9.15 Å². The van der Waals surface area contributed by atoms with Crippen LogP contribution in [0.25, 0.3) is 17.0 Å². The van der Waals surface area contributed by atoms with Gasteiger partial charge in [-0.15, -0.1) is 0 Å². The first-order valence-electron chi connectivity index (χ1n) is 8.97. The molecule has 1 aliphatic rings. The van der Waals surface area contributed by atoms with Crippen molar-refractivity contribution in [2.45, 2.75) is 26.2 Å². The second-order valence-electron chi connectivity index (χ2n) is 7.68. The Morgan fingerprint density at radius 2 is 1.68 bits per heavy atom. The van der Waals surface area contributed by atoms with Gasteiger partial charge in [-0.05, 0) is 41.3 Å². The second-order valence-corrected chi connectivity index (χ2v) is 7.68. The van der Waals surface area contributed by atoms with E-state index in [9.17, 15) is 9.59 Å². The molecule has 0 amide bonds. The monoisotopic (exact) mass is 373 g/mol. The number of cyclic esters (lactones) is 1. The first-order valence-corrected chi connectivity index (χ1v) is 8.97. The van der Waals surface area contributed by atoms with Gasteiger partial charge in [-0.25, -0.2) is 9.79 Å². The van der Waals surface area contributed by atoms with E-state index in [1.54, 1.807) is 24.3 Å². The normalized spacial score (nSPS) is 15.8. The third-order valence-corrected chi connectivity index (χ3v) is 4.62. The van der Waals surface area contributed by atoms with Gasteiger partial charge in [0.15, 0.2) is 11.1 Å². The lowest BCUT2D eigenvalue weighted by Crippen LogP contribution is -2.11. The highest BCUT2D eigenvalue weighted by Crippen LogP contribution is 2.24. The van der Waals surface area contributed by atoms with Gasteiger partial charge in [0.1, 0.15) is 11.8 Å². The van der Waals surface area contributed by atoms with Gasteiger partial charge in [0.2, 0.25) is 5.90 Å². The lowest BCUT2D eigenvalue weighted by molar-refractivity contribution is -0.129. The van der Waals surface area contributed by atoms with Crippen LogP contribution in [-0.4, -0.2) is 11.9 Å². The summed E-state index contributed by atoms with van der Waals surface area (Å²) in [6, 6.07) is 14.7. The van der Waals surface area contributed by atoms with Gasteiger partial charge in [0.25, 0.3) is 0 Å². The highest BCUT2D eigenvalue weighted by atomic mass is 16.6. The summed E-state index contributed by atoms with van der Waals surface area (Å²) in [6.07, 6.45) is 2.73. The maximum Gasteiger partial charge on any atom is 0.363 e. The molecule has 3 aromatic rings. The Balaban J connectivity index is 1.70. The van der Waals surface area contributed by atoms with Crippen molar-refractivity contribution in [1.82, 2.24) is 0 Å². The average molecular weight is 373 g/mol. The Morgan fingerprint density at radius 1 is 0.964 bits per heavy atom. The van der Waals surface area contributed by atoms with Gasteiger partial charge in [0, 0.05) is 5.56 Å². The SMILES string of the molecule is CC(C)(C)c1ccc(C2=N/C(=C\c3coc4ccccc4c3=O)C(=O)O2)cc1. The summed E-state index contributed by atoms with van der Waals surface area (Å²) in [5.41, 5.74) is 2.49. The summed E-state index contributed by atoms with van der Waals surface area (Å²) < 4.78 is 10.8. The van der Waals surface area contributed by atoms with Crippen LogP contribution in [0.1, 0.15) is 37.5 Å². The zero-order valence-electron chi connectivity index (χ0n) is 15.9. The van der Waals surface area contributed by atoms with Crippen LogP contribution in [0, 0.1) is 0 Å². The van der Waals surface area contributed by atoms with Crippen molar-refractivity contribution < 1.29 is 13.9 Å². The zero-order chi connectivity index (χ0) is 19.9. The van der Waals surface area contributed by atoms with Gasteiger partial charge in [-0.2, -0.15) is 0 Å². The molecule has 0 radical (unpaired) electrons. The van der Waals surface area contributed by atoms with E-state index in [1.165, 1.54) is 17.9 Å². The molecule has 0 spiro atoms. The Hall–Kier alpha value is -3.47. The molecule has 1 aliphatic heterocycles. The molecule has 5 heteroatoms. The van der Waals surface area contributed by atoms with Crippen molar-refractivity contribution in [3.05, 3.63) is 87.4 Å². The lowest BCUT2D eigenvalue weighted by atomic mass is 9.87. The molecule has 5 nitrogen and oxygen atoms in total. The molecule has 2 heterocycles. The first kappa shape index (κ1) is 17.9. The summed E-state index contributed by atoms with van der Waals surface area (Å²) in [6.45, 7) is 6.39. The minimum Gasteiger partial charge on any atom is -0.463 e. The summed E-state index contributed by atoms with van der Waals surface area (Å²) in [4.78, 5) is 29.1. The van der Waals surface area contributed by atoms with Crippen molar-refractivity contribution in [2.75, 3.05) is 0 Å². The number of rotatable bonds is 2. The molecule has 0 saturated carbocycles. The topological polar surface area (TPSA) is 68.9 Å². The number of esters is 1. The van der Waals surface area contributed by atoms with Crippen LogP contribution < -0.4 is 5.43 Å². The number of fused-ring (bicyclic) bond motifs is 1. The lowest BCUT2D eigenvalue weighted by Gasteiger charge is -2.18. The standard InChI is InChI=1S/C23H19NO4/c1-23(2,3)16-10-8-14(9-11-16)21-24-18(22(26)28-21)12-15-13-27-19-7-5-4-6-17(19)20(15)25/h4-13H,1-3H3/b18-12-. The van der Waals surface area contributed by atoms with E-state index in [2.05, 4.69) is 25.8 Å². The summed E-state index contributed by atoms with van der Waals surface area (Å²) >= 11 is 0. The van der Waals surface area contributed by atoms with Crippen LogP contribution in [0.4, 0.5) is 0 Å². The molecule has 0 saturated heterocycles. The van der Waals surface area contributed by atoms with Crippen molar-refractivity contribution in [2.24, 2.45) is 4.99 Å². The van der Waals surface area contributed by atoms with Crippen LogP contribution in [0.3, 0.4) is 0 Å². The Kier molecular flexibility index (Phi) is 4.23. The Bertz CT molecular complexity index is 1190. The number of benzene rings is 2. The van der Waals surface area contributed by atoms with Gasteiger partial charge in [-0.1, -0.05) is 45.0 Å². The Morgan fingerprint density at radius 3 is 2.39 bits per heavy atom. The van der Waals surface area contributed by atoms with Gasteiger partial charge in [0.05, 0.1) is 10.9 Å². The predicted octanol–water partition coefficient (Wildman–Crippen LogP) is 4.44. The zero-order valence-corrected chi connectivity index (χ0v) is 15.9. The fraction of sp³-hybridized carbons (Fsp3) is 0.174. The fourth-order valence-corrected chi connectivity index (χ4v) is 2.99. The van der Waals surface area contributed by atoms with E-state index in [-0.39, 0.29) is 28.0 Å². The molecular weight excluding hydrogens is 354 g/mol. The number of hydrogen-bond acceptors (Lipinski definition) is 5. The summed E-state index contributed by atoms with van der Waals surface area (Å²) in [7, 11) is 0. The molecule has 0 N–H and O–H groups in total.